The number of rotatable bonds is 17. The van der Waals surface area contributed by atoms with Crippen molar-refractivity contribution in [1.29, 1.82) is 0 Å². The minimum Gasteiger partial charge on any atom is -0.469 e. The Morgan fingerprint density at radius 3 is 1.57 bits per heavy atom. The minimum atomic E-state index is -0.0630. The Bertz CT molecular complexity index is 277. The molecule has 1 aliphatic rings. The van der Waals surface area contributed by atoms with E-state index in [0.29, 0.717) is 6.42 Å². The molecule has 0 spiro atoms. The van der Waals surface area contributed by atoms with E-state index < -0.39 is 0 Å². The van der Waals surface area contributed by atoms with Gasteiger partial charge in [-0.25, -0.2) is 0 Å². The topological polar surface area (TPSA) is 26.3 Å². The minimum absolute atomic E-state index is 0.0630. The van der Waals surface area contributed by atoms with Crippen molar-refractivity contribution in [3.8, 4) is 0 Å². The molecule has 0 amide bonds. The van der Waals surface area contributed by atoms with Gasteiger partial charge in [0.25, 0.3) is 0 Å². The van der Waals surface area contributed by atoms with Gasteiger partial charge in [0.2, 0.25) is 0 Å². The summed E-state index contributed by atoms with van der Waals surface area (Å²) in [5.74, 6) is 1.37. The largest absolute Gasteiger partial charge is 0.469 e. The van der Waals surface area contributed by atoms with Crippen LogP contribution in [0.25, 0.3) is 0 Å². The SMILES string of the molecule is COC(=O)CCCCCCCCCCCCCCCCC1CS1. The maximum atomic E-state index is 11.0. The highest BCUT2D eigenvalue weighted by Crippen LogP contribution is 2.34. The highest BCUT2D eigenvalue weighted by Gasteiger charge is 2.20. The van der Waals surface area contributed by atoms with Crippen LogP contribution in [-0.2, 0) is 9.53 Å². The molecule has 0 radical (unpaired) electrons. The lowest BCUT2D eigenvalue weighted by Gasteiger charge is -2.03. The van der Waals surface area contributed by atoms with Crippen LogP contribution in [0.15, 0.2) is 0 Å². The number of carbonyl (C=O) groups excluding carboxylic acids is 1. The Morgan fingerprint density at radius 1 is 0.783 bits per heavy atom. The summed E-state index contributed by atoms with van der Waals surface area (Å²) in [6, 6.07) is 0. The van der Waals surface area contributed by atoms with Gasteiger partial charge in [0, 0.05) is 17.4 Å². The molecule has 3 heteroatoms. The number of ether oxygens (including phenoxy) is 1. The van der Waals surface area contributed by atoms with Crippen molar-refractivity contribution >= 4 is 17.7 Å². The molecule has 136 valence electrons. The fraction of sp³-hybridized carbons (Fsp3) is 0.950. The molecule has 1 atom stereocenters. The van der Waals surface area contributed by atoms with Crippen LogP contribution in [-0.4, -0.2) is 24.1 Å². The second-order valence-corrected chi connectivity index (χ2v) is 8.35. The number of hydrogen-bond acceptors (Lipinski definition) is 3. The van der Waals surface area contributed by atoms with Crippen LogP contribution in [0.2, 0.25) is 0 Å². The van der Waals surface area contributed by atoms with E-state index in [-0.39, 0.29) is 5.97 Å². The molecule has 1 fully saturated rings. The summed E-state index contributed by atoms with van der Waals surface area (Å²) in [5.41, 5.74) is 0. The number of carbonyl (C=O) groups is 1. The summed E-state index contributed by atoms with van der Waals surface area (Å²) >= 11 is 2.14. The second-order valence-electron chi connectivity index (χ2n) is 7.02. The van der Waals surface area contributed by atoms with E-state index in [4.69, 9.17) is 0 Å². The first kappa shape index (κ1) is 20.9. The smallest absolute Gasteiger partial charge is 0.305 e. The van der Waals surface area contributed by atoms with Crippen LogP contribution in [0.3, 0.4) is 0 Å². The molecule has 1 saturated heterocycles. The number of methoxy groups -OCH3 is 1. The Labute approximate surface area is 148 Å². The first-order valence-electron chi connectivity index (χ1n) is 10.0. The van der Waals surface area contributed by atoms with Gasteiger partial charge >= 0.3 is 5.97 Å². The molecule has 1 aliphatic heterocycles. The average Bonchev–Trinajstić information content (AvgIpc) is 3.38. The molecular formula is C20H38O2S. The van der Waals surface area contributed by atoms with Crippen LogP contribution < -0.4 is 0 Å². The van der Waals surface area contributed by atoms with Crippen molar-refractivity contribution in [3.05, 3.63) is 0 Å². The van der Waals surface area contributed by atoms with Crippen molar-refractivity contribution in [1.82, 2.24) is 0 Å². The average molecular weight is 343 g/mol. The molecule has 1 heterocycles. The molecule has 0 aliphatic carbocycles. The van der Waals surface area contributed by atoms with Crippen molar-refractivity contribution in [3.63, 3.8) is 0 Å². The van der Waals surface area contributed by atoms with E-state index in [1.54, 1.807) is 0 Å². The third-order valence-corrected chi connectivity index (χ3v) is 5.83. The number of unbranched alkanes of at least 4 members (excludes halogenated alkanes) is 13. The highest BCUT2D eigenvalue weighted by atomic mass is 32.2. The summed E-state index contributed by atoms with van der Waals surface area (Å²) < 4.78 is 4.64. The molecule has 1 unspecified atom stereocenters. The van der Waals surface area contributed by atoms with Crippen molar-refractivity contribution < 1.29 is 9.53 Å². The van der Waals surface area contributed by atoms with Crippen molar-refractivity contribution in [2.45, 2.75) is 108 Å². The second kappa shape index (κ2) is 15.4. The van der Waals surface area contributed by atoms with E-state index in [2.05, 4.69) is 16.5 Å². The predicted molar refractivity (Wildman–Crippen MR) is 102 cm³/mol. The lowest BCUT2D eigenvalue weighted by atomic mass is 10.0. The fourth-order valence-electron chi connectivity index (χ4n) is 3.10. The van der Waals surface area contributed by atoms with E-state index in [1.807, 2.05) is 0 Å². The molecule has 0 saturated carbocycles. The van der Waals surface area contributed by atoms with Gasteiger partial charge in [0.15, 0.2) is 0 Å². The van der Waals surface area contributed by atoms with E-state index in [1.165, 1.54) is 103 Å². The summed E-state index contributed by atoms with van der Waals surface area (Å²) in [7, 11) is 1.47. The van der Waals surface area contributed by atoms with Gasteiger partial charge in [0.1, 0.15) is 0 Å². The normalized spacial score (nSPS) is 16.5. The van der Waals surface area contributed by atoms with Gasteiger partial charge in [-0.15, -0.1) is 0 Å². The lowest BCUT2D eigenvalue weighted by Crippen LogP contribution is -1.99. The maximum Gasteiger partial charge on any atom is 0.305 e. The van der Waals surface area contributed by atoms with Crippen LogP contribution >= 0.6 is 11.8 Å². The molecule has 2 nitrogen and oxygen atoms in total. The molecule has 0 aromatic carbocycles. The molecule has 0 aromatic rings. The van der Waals surface area contributed by atoms with Crippen molar-refractivity contribution in [2.24, 2.45) is 0 Å². The Hall–Kier alpha value is -0.180. The summed E-state index contributed by atoms with van der Waals surface area (Å²) in [5, 5.41) is 1.04. The molecule has 0 bridgehead atoms. The van der Waals surface area contributed by atoms with Crippen LogP contribution in [0.5, 0.6) is 0 Å². The van der Waals surface area contributed by atoms with Crippen LogP contribution in [0, 0.1) is 0 Å². The fourth-order valence-corrected chi connectivity index (χ4v) is 3.74. The van der Waals surface area contributed by atoms with Gasteiger partial charge in [0.05, 0.1) is 7.11 Å². The first-order chi connectivity index (χ1) is 11.3. The van der Waals surface area contributed by atoms with Gasteiger partial charge in [-0.3, -0.25) is 4.79 Å². The summed E-state index contributed by atoms with van der Waals surface area (Å²) in [6.07, 6.45) is 21.2. The zero-order chi connectivity index (χ0) is 16.6. The first-order valence-corrected chi connectivity index (χ1v) is 11.1. The predicted octanol–water partition coefficient (Wildman–Crippen LogP) is 6.52. The standard InChI is InChI=1S/C20H38O2S/c1-22-20(21)17-15-13-11-9-7-5-3-2-4-6-8-10-12-14-16-19-18-23-19/h19H,2-18H2,1H3. The zero-order valence-corrected chi connectivity index (χ0v) is 16.1. The van der Waals surface area contributed by atoms with E-state index in [0.717, 1.165) is 11.7 Å². The lowest BCUT2D eigenvalue weighted by molar-refractivity contribution is -0.140. The third kappa shape index (κ3) is 15.1. The van der Waals surface area contributed by atoms with Gasteiger partial charge in [-0.2, -0.15) is 11.8 Å². The molecule has 0 aromatic heterocycles. The van der Waals surface area contributed by atoms with Crippen LogP contribution in [0.4, 0.5) is 0 Å². The maximum absolute atomic E-state index is 11.0. The highest BCUT2D eigenvalue weighted by molar-refractivity contribution is 8.06. The van der Waals surface area contributed by atoms with Gasteiger partial charge < -0.3 is 4.74 Å². The summed E-state index contributed by atoms with van der Waals surface area (Å²) in [4.78, 5) is 11.0. The van der Waals surface area contributed by atoms with E-state index in [9.17, 15) is 4.79 Å². The monoisotopic (exact) mass is 342 g/mol. The van der Waals surface area contributed by atoms with E-state index >= 15 is 0 Å². The molecular weight excluding hydrogens is 304 g/mol. The number of thioether (sulfide) groups is 1. The van der Waals surface area contributed by atoms with Gasteiger partial charge in [-0.05, 0) is 12.8 Å². The summed E-state index contributed by atoms with van der Waals surface area (Å²) in [6.45, 7) is 0. The molecule has 1 rings (SSSR count). The number of hydrogen-bond donors (Lipinski definition) is 0. The zero-order valence-electron chi connectivity index (χ0n) is 15.3. The van der Waals surface area contributed by atoms with Crippen molar-refractivity contribution in [2.75, 3.05) is 12.9 Å². The van der Waals surface area contributed by atoms with Crippen LogP contribution in [0.1, 0.15) is 103 Å². The molecule has 23 heavy (non-hydrogen) atoms. The number of esters is 1. The Morgan fingerprint density at radius 2 is 1.17 bits per heavy atom. The third-order valence-electron chi connectivity index (χ3n) is 4.79. The Balaban J connectivity index is 1.62. The van der Waals surface area contributed by atoms with Gasteiger partial charge in [-0.1, -0.05) is 83.5 Å². The quantitative estimate of drug-likeness (QED) is 0.171. The Kier molecular flexibility index (Phi) is 13.9. The molecule has 0 N–H and O–H groups in total.